The summed E-state index contributed by atoms with van der Waals surface area (Å²) in [7, 11) is -4.12. The fourth-order valence-corrected chi connectivity index (χ4v) is 4.96. The van der Waals surface area contributed by atoms with Gasteiger partial charge in [-0.1, -0.05) is 23.7 Å². The summed E-state index contributed by atoms with van der Waals surface area (Å²) in [6, 6.07) is 9.55. The molecule has 0 fully saturated rings. The Labute approximate surface area is 222 Å². The molecule has 1 heterocycles. The first-order valence-electron chi connectivity index (χ1n) is 10.9. The number of nitrogens with two attached hydrogens (primary N) is 1. The van der Waals surface area contributed by atoms with Crippen LogP contribution in [0.2, 0.25) is 5.02 Å². The fourth-order valence-electron chi connectivity index (χ4n) is 4.13. The zero-order valence-electron chi connectivity index (χ0n) is 19.4. The van der Waals surface area contributed by atoms with Crippen LogP contribution in [-0.4, -0.2) is 27.3 Å². The van der Waals surface area contributed by atoms with Gasteiger partial charge in [0.2, 0.25) is 10.0 Å². The lowest BCUT2D eigenvalue weighted by Gasteiger charge is -2.29. The Morgan fingerprint density at radius 3 is 2.38 bits per heavy atom. The van der Waals surface area contributed by atoms with E-state index in [1.165, 1.54) is 24.3 Å². The Balaban J connectivity index is 1.80. The average Bonchev–Trinajstić information content (AvgIpc) is 2.81. The number of anilines is 1. The van der Waals surface area contributed by atoms with Crippen LogP contribution in [0.5, 0.6) is 11.5 Å². The minimum Gasteiger partial charge on any atom is -0.493 e. The van der Waals surface area contributed by atoms with Gasteiger partial charge in [0.15, 0.2) is 0 Å². The molecular formula is C24H17ClF6N2O5S. The Bertz CT molecular complexity index is 1540. The van der Waals surface area contributed by atoms with Crippen molar-refractivity contribution in [2.45, 2.75) is 29.8 Å². The molecule has 0 aliphatic carbocycles. The average molecular weight is 595 g/mol. The summed E-state index contributed by atoms with van der Waals surface area (Å²) in [6.07, 6.45) is -9.79. The lowest BCUT2D eigenvalue weighted by atomic mass is 9.83. The fraction of sp³-hybridized carbons (Fsp3) is 0.208. The minimum atomic E-state index is -4.98. The van der Waals surface area contributed by atoms with Crippen molar-refractivity contribution < 1.29 is 49.0 Å². The molecule has 0 radical (unpaired) electrons. The highest BCUT2D eigenvalue weighted by molar-refractivity contribution is 7.89. The predicted molar refractivity (Wildman–Crippen MR) is 127 cm³/mol. The van der Waals surface area contributed by atoms with Gasteiger partial charge in [0, 0.05) is 28.8 Å². The Hall–Kier alpha value is -3.49. The van der Waals surface area contributed by atoms with Crippen LogP contribution in [0.15, 0.2) is 59.5 Å². The first-order valence-corrected chi connectivity index (χ1v) is 12.8. The number of hydrogen-bond acceptors (Lipinski definition) is 5. The first kappa shape index (κ1) is 28.5. The quantitative estimate of drug-likeness (QED) is 0.349. The third kappa shape index (κ3) is 6.57. The molecule has 4 rings (SSSR count). The van der Waals surface area contributed by atoms with Crippen LogP contribution in [0.3, 0.4) is 0 Å². The third-order valence-electron chi connectivity index (χ3n) is 5.74. The molecule has 0 spiro atoms. The smallest absolute Gasteiger partial charge is 0.493 e. The molecular weight excluding hydrogens is 578 g/mol. The maximum Gasteiger partial charge on any atom is 0.573 e. The highest BCUT2D eigenvalue weighted by Gasteiger charge is 2.37. The summed E-state index contributed by atoms with van der Waals surface area (Å²) in [4.78, 5) is 12.9. The van der Waals surface area contributed by atoms with Crippen molar-refractivity contribution in [2.24, 2.45) is 5.14 Å². The molecule has 3 N–H and O–H groups in total. The van der Waals surface area contributed by atoms with E-state index in [-0.39, 0.29) is 46.1 Å². The highest BCUT2D eigenvalue weighted by Crippen LogP contribution is 2.45. The van der Waals surface area contributed by atoms with Crippen LogP contribution in [0, 0.1) is 0 Å². The number of nitrogens with one attached hydrogen (secondary N) is 1. The van der Waals surface area contributed by atoms with E-state index in [9.17, 15) is 39.6 Å². The molecule has 1 aliphatic heterocycles. The molecule has 0 bridgehead atoms. The molecule has 39 heavy (non-hydrogen) atoms. The third-order valence-corrected chi connectivity index (χ3v) is 6.97. The standard InChI is InChI=1S/C24H17ClF6N2O5S/c25-20-11-18(22(34)33-12-2-1-3-14(8-12)39(32,35)36)17(10-19(20)23(26,27)28)15-6-7-37-21-9-13(4-5-16(15)21)38-24(29,30)31/h1-5,8-11,15H,6-7H2,(H,33,34)(H2,32,35,36). The number of benzene rings is 3. The van der Waals surface area contributed by atoms with Gasteiger partial charge in [0.25, 0.3) is 5.91 Å². The van der Waals surface area contributed by atoms with Gasteiger partial charge in [-0.2, -0.15) is 13.2 Å². The zero-order valence-corrected chi connectivity index (χ0v) is 20.9. The topological polar surface area (TPSA) is 108 Å². The molecule has 3 aromatic carbocycles. The van der Waals surface area contributed by atoms with E-state index >= 15 is 0 Å². The van der Waals surface area contributed by atoms with Crippen LogP contribution >= 0.6 is 11.6 Å². The summed E-state index contributed by atoms with van der Waals surface area (Å²) in [5, 5.41) is 6.76. The second kappa shape index (κ2) is 10.2. The van der Waals surface area contributed by atoms with Gasteiger partial charge < -0.3 is 14.8 Å². The van der Waals surface area contributed by atoms with E-state index < -0.39 is 50.7 Å². The van der Waals surface area contributed by atoms with Gasteiger partial charge in [-0.15, -0.1) is 13.2 Å². The lowest BCUT2D eigenvalue weighted by Crippen LogP contribution is -2.22. The van der Waals surface area contributed by atoms with E-state index in [1.54, 1.807) is 0 Å². The number of alkyl halides is 6. The molecule has 1 atom stereocenters. The van der Waals surface area contributed by atoms with Crippen LogP contribution in [0.25, 0.3) is 0 Å². The van der Waals surface area contributed by atoms with E-state index in [4.69, 9.17) is 21.5 Å². The minimum absolute atomic E-state index is 0.0187. The highest BCUT2D eigenvalue weighted by atomic mass is 35.5. The van der Waals surface area contributed by atoms with Crippen molar-refractivity contribution >= 4 is 33.2 Å². The number of hydrogen-bond donors (Lipinski definition) is 2. The largest absolute Gasteiger partial charge is 0.573 e. The number of ether oxygens (including phenoxy) is 2. The maximum absolute atomic E-state index is 13.7. The van der Waals surface area contributed by atoms with Crippen molar-refractivity contribution in [2.75, 3.05) is 11.9 Å². The van der Waals surface area contributed by atoms with Crippen LogP contribution in [0.1, 0.15) is 39.4 Å². The number of amides is 1. The van der Waals surface area contributed by atoms with Crippen molar-refractivity contribution in [3.8, 4) is 11.5 Å². The van der Waals surface area contributed by atoms with Crippen molar-refractivity contribution in [3.05, 3.63) is 81.9 Å². The summed E-state index contributed by atoms with van der Waals surface area (Å²) < 4.78 is 112. The number of carbonyl (C=O) groups excluding carboxylic acids is 1. The molecule has 1 unspecified atom stereocenters. The maximum atomic E-state index is 13.7. The normalized spacial score (nSPS) is 15.7. The molecule has 0 aromatic heterocycles. The van der Waals surface area contributed by atoms with E-state index in [2.05, 4.69) is 10.1 Å². The van der Waals surface area contributed by atoms with Crippen LogP contribution < -0.4 is 19.9 Å². The number of carbonyl (C=O) groups is 1. The van der Waals surface area contributed by atoms with Gasteiger partial charge in [-0.05, 0) is 48.4 Å². The molecule has 1 amide bonds. The second-order valence-electron chi connectivity index (χ2n) is 8.38. The Kier molecular flexibility index (Phi) is 7.49. The molecule has 15 heteroatoms. The number of sulfonamides is 1. The van der Waals surface area contributed by atoms with Crippen LogP contribution in [-0.2, 0) is 16.2 Å². The number of rotatable bonds is 5. The molecule has 208 valence electrons. The summed E-state index contributed by atoms with van der Waals surface area (Å²) in [5.74, 6) is -2.49. The van der Waals surface area contributed by atoms with Crippen molar-refractivity contribution in [1.29, 1.82) is 0 Å². The first-order chi connectivity index (χ1) is 18.0. The number of halogens is 7. The summed E-state index contributed by atoms with van der Waals surface area (Å²) in [6.45, 7) is -0.0887. The molecule has 0 saturated heterocycles. The monoisotopic (exact) mass is 594 g/mol. The number of fused-ring (bicyclic) bond motifs is 1. The molecule has 0 saturated carbocycles. The summed E-state index contributed by atoms with van der Waals surface area (Å²) in [5.41, 5.74) is -1.42. The van der Waals surface area contributed by atoms with Gasteiger partial charge in [-0.25, -0.2) is 13.6 Å². The molecule has 7 nitrogen and oxygen atoms in total. The van der Waals surface area contributed by atoms with E-state index in [1.807, 2.05) is 0 Å². The number of primary sulfonamides is 1. The van der Waals surface area contributed by atoms with Gasteiger partial charge >= 0.3 is 12.5 Å². The zero-order chi connectivity index (χ0) is 28.8. The van der Waals surface area contributed by atoms with Gasteiger partial charge in [0.1, 0.15) is 11.5 Å². The van der Waals surface area contributed by atoms with Gasteiger partial charge in [-0.3, -0.25) is 4.79 Å². The lowest BCUT2D eigenvalue weighted by molar-refractivity contribution is -0.274. The summed E-state index contributed by atoms with van der Waals surface area (Å²) >= 11 is 5.90. The van der Waals surface area contributed by atoms with Gasteiger partial charge in [0.05, 0.1) is 22.1 Å². The SMILES string of the molecule is NS(=O)(=O)c1cccc(NC(=O)c2cc(Cl)c(C(F)(F)F)cc2C2CCOc3cc(OC(F)(F)F)ccc32)c1. The molecule has 3 aromatic rings. The van der Waals surface area contributed by atoms with E-state index in [0.717, 1.165) is 24.3 Å². The van der Waals surface area contributed by atoms with Crippen LogP contribution in [0.4, 0.5) is 32.0 Å². The predicted octanol–water partition coefficient (Wildman–Crippen LogP) is 6.07. The molecule has 1 aliphatic rings. The van der Waals surface area contributed by atoms with E-state index in [0.29, 0.717) is 6.07 Å². The van der Waals surface area contributed by atoms with Crippen molar-refractivity contribution in [3.63, 3.8) is 0 Å². The Morgan fingerprint density at radius 2 is 1.74 bits per heavy atom. The van der Waals surface area contributed by atoms with Crippen molar-refractivity contribution in [1.82, 2.24) is 0 Å². The second-order valence-corrected chi connectivity index (χ2v) is 10.3. The Morgan fingerprint density at radius 1 is 1.03 bits per heavy atom.